The van der Waals surface area contributed by atoms with Crippen LogP contribution in [0, 0.1) is 11.6 Å². The topological polar surface area (TPSA) is 30.5 Å². The lowest BCUT2D eigenvalue weighted by molar-refractivity contribution is 0.0655. The van der Waals surface area contributed by atoms with Crippen LogP contribution < -0.4 is 5.32 Å². The largest absolute Gasteiger partial charge is 0.382 e. The van der Waals surface area contributed by atoms with Crippen LogP contribution in [0.4, 0.5) is 8.78 Å². The number of benzene rings is 1. The number of hydrogen-bond acceptors (Lipinski definition) is 3. The minimum absolute atomic E-state index is 0.0524. The molecule has 0 spiro atoms. The standard InChI is InChI=1S/C14H20BrF2NO2/c1-3-18-12(6-7-20-9-8-19-2)13-11(16)5-4-10(15)14(13)17/h4-5,12,18H,3,6-9H2,1-2H3. The molecule has 0 heterocycles. The summed E-state index contributed by atoms with van der Waals surface area (Å²) in [6, 6.07) is 2.21. The summed E-state index contributed by atoms with van der Waals surface area (Å²) in [6.07, 6.45) is 0.488. The van der Waals surface area contributed by atoms with Gasteiger partial charge in [0.25, 0.3) is 0 Å². The van der Waals surface area contributed by atoms with Crippen LogP contribution in [0.15, 0.2) is 16.6 Å². The lowest BCUT2D eigenvalue weighted by Gasteiger charge is -2.20. The van der Waals surface area contributed by atoms with Gasteiger partial charge in [0.2, 0.25) is 0 Å². The molecule has 1 N–H and O–H groups in total. The van der Waals surface area contributed by atoms with Crippen molar-refractivity contribution < 1.29 is 18.3 Å². The summed E-state index contributed by atoms with van der Waals surface area (Å²) in [5, 5.41) is 3.09. The third-order valence-electron chi connectivity index (χ3n) is 2.86. The first kappa shape index (κ1) is 17.5. The van der Waals surface area contributed by atoms with Gasteiger partial charge < -0.3 is 14.8 Å². The number of nitrogens with one attached hydrogen (secondary N) is 1. The van der Waals surface area contributed by atoms with Crippen LogP contribution in [0.5, 0.6) is 0 Å². The maximum absolute atomic E-state index is 14.1. The molecule has 0 saturated heterocycles. The highest BCUT2D eigenvalue weighted by molar-refractivity contribution is 9.10. The Bertz CT molecular complexity index is 418. The SMILES string of the molecule is CCNC(CCOCCOC)c1c(F)ccc(Br)c1F. The van der Waals surface area contributed by atoms with Crippen molar-refractivity contribution in [2.24, 2.45) is 0 Å². The number of rotatable bonds is 9. The first-order valence-corrected chi connectivity index (χ1v) is 7.34. The van der Waals surface area contributed by atoms with Gasteiger partial charge in [-0.3, -0.25) is 0 Å². The highest BCUT2D eigenvalue weighted by Crippen LogP contribution is 2.28. The average Bonchev–Trinajstić information content (AvgIpc) is 2.43. The van der Waals surface area contributed by atoms with Crippen molar-refractivity contribution in [1.82, 2.24) is 5.32 Å². The van der Waals surface area contributed by atoms with E-state index < -0.39 is 17.7 Å². The van der Waals surface area contributed by atoms with Crippen LogP contribution in [0.2, 0.25) is 0 Å². The Balaban J connectivity index is 2.73. The van der Waals surface area contributed by atoms with Gasteiger partial charge in [0.1, 0.15) is 11.6 Å². The van der Waals surface area contributed by atoms with Gasteiger partial charge in [-0.1, -0.05) is 6.92 Å². The van der Waals surface area contributed by atoms with E-state index in [1.807, 2.05) is 6.92 Å². The molecular formula is C14H20BrF2NO2. The Morgan fingerprint density at radius 1 is 1.25 bits per heavy atom. The number of hydrogen-bond donors (Lipinski definition) is 1. The summed E-state index contributed by atoms with van der Waals surface area (Å²) in [6.45, 7) is 3.90. The first-order chi connectivity index (χ1) is 9.61. The van der Waals surface area contributed by atoms with E-state index in [9.17, 15) is 8.78 Å². The second-order valence-corrected chi connectivity index (χ2v) is 5.12. The lowest BCUT2D eigenvalue weighted by Crippen LogP contribution is -2.25. The van der Waals surface area contributed by atoms with E-state index in [0.29, 0.717) is 32.8 Å². The molecule has 0 aromatic heterocycles. The molecule has 0 bridgehead atoms. The van der Waals surface area contributed by atoms with Crippen molar-refractivity contribution in [2.45, 2.75) is 19.4 Å². The van der Waals surface area contributed by atoms with Crippen molar-refractivity contribution in [1.29, 1.82) is 0 Å². The van der Waals surface area contributed by atoms with Crippen molar-refractivity contribution in [2.75, 3.05) is 33.5 Å². The minimum atomic E-state index is -0.562. The second kappa shape index (κ2) is 9.39. The number of methoxy groups -OCH3 is 1. The van der Waals surface area contributed by atoms with Gasteiger partial charge in [-0.15, -0.1) is 0 Å². The van der Waals surface area contributed by atoms with Crippen LogP contribution in [0.1, 0.15) is 24.9 Å². The van der Waals surface area contributed by atoms with Crippen LogP contribution in [-0.2, 0) is 9.47 Å². The molecule has 3 nitrogen and oxygen atoms in total. The van der Waals surface area contributed by atoms with Gasteiger partial charge in [0.15, 0.2) is 0 Å². The Hall–Kier alpha value is -0.560. The zero-order valence-corrected chi connectivity index (χ0v) is 13.3. The Morgan fingerprint density at radius 2 is 2.00 bits per heavy atom. The third kappa shape index (κ3) is 5.09. The van der Waals surface area contributed by atoms with E-state index in [0.717, 1.165) is 0 Å². The highest BCUT2D eigenvalue weighted by atomic mass is 79.9. The van der Waals surface area contributed by atoms with Crippen LogP contribution >= 0.6 is 15.9 Å². The zero-order chi connectivity index (χ0) is 15.0. The van der Waals surface area contributed by atoms with Gasteiger partial charge in [-0.2, -0.15) is 0 Å². The van der Waals surface area contributed by atoms with E-state index in [4.69, 9.17) is 9.47 Å². The third-order valence-corrected chi connectivity index (χ3v) is 3.47. The predicted molar refractivity (Wildman–Crippen MR) is 77.8 cm³/mol. The molecule has 0 saturated carbocycles. The first-order valence-electron chi connectivity index (χ1n) is 6.55. The quantitative estimate of drug-likeness (QED) is 0.546. The summed E-state index contributed by atoms with van der Waals surface area (Å²) >= 11 is 3.08. The van der Waals surface area contributed by atoms with E-state index in [-0.39, 0.29) is 10.0 Å². The number of ether oxygens (including phenoxy) is 2. The highest BCUT2D eigenvalue weighted by Gasteiger charge is 2.21. The molecule has 114 valence electrons. The predicted octanol–water partition coefficient (Wildman–Crippen LogP) is 3.43. The maximum Gasteiger partial charge on any atom is 0.145 e. The van der Waals surface area contributed by atoms with Crippen LogP contribution in [-0.4, -0.2) is 33.5 Å². The van der Waals surface area contributed by atoms with Gasteiger partial charge >= 0.3 is 0 Å². The second-order valence-electron chi connectivity index (χ2n) is 4.26. The molecule has 0 aliphatic heterocycles. The van der Waals surface area contributed by atoms with Gasteiger partial charge in [-0.05, 0) is 41.0 Å². The lowest BCUT2D eigenvalue weighted by atomic mass is 10.0. The molecule has 1 aromatic rings. The van der Waals surface area contributed by atoms with E-state index in [1.165, 1.54) is 12.1 Å². The molecule has 1 unspecified atom stereocenters. The Labute approximate surface area is 126 Å². The van der Waals surface area contributed by atoms with Crippen LogP contribution in [0.25, 0.3) is 0 Å². The van der Waals surface area contributed by atoms with Gasteiger partial charge in [-0.25, -0.2) is 8.78 Å². The fourth-order valence-electron chi connectivity index (χ4n) is 1.90. The smallest absolute Gasteiger partial charge is 0.145 e. The fraction of sp³-hybridized carbons (Fsp3) is 0.571. The molecule has 1 atom stereocenters. The Morgan fingerprint density at radius 3 is 2.65 bits per heavy atom. The maximum atomic E-state index is 14.1. The monoisotopic (exact) mass is 351 g/mol. The molecule has 1 aromatic carbocycles. The molecular weight excluding hydrogens is 332 g/mol. The fourth-order valence-corrected chi connectivity index (χ4v) is 2.25. The van der Waals surface area contributed by atoms with E-state index in [2.05, 4.69) is 21.2 Å². The van der Waals surface area contributed by atoms with Gasteiger partial charge in [0.05, 0.1) is 17.7 Å². The van der Waals surface area contributed by atoms with Gasteiger partial charge in [0, 0.05) is 25.3 Å². The van der Waals surface area contributed by atoms with E-state index >= 15 is 0 Å². The van der Waals surface area contributed by atoms with Crippen molar-refractivity contribution >= 4 is 15.9 Å². The molecule has 20 heavy (non-hydrogen) atoms. The summed E-state index contributed by atoms with van der Waals surface area (Å²) < 4.78 is 38.4. The summed E-state index contributed by atoms with van der Waals surface area (Å²) in [5.74, 6) is -1.11. The van der Waals surface area contributed by atoms with Crippen molar-refractivity contribution in [3.63, 3.8) is 0 Å². The number of halogens is 3. The zero-order valence-electron chi connectivity index (χ0n) is 11.7. The van der Waals surface area contributed by atoms with E-state index in [1.54, 1.807) is 7.11 Å². The molecule has 0 amide bonds. The molecule has 0 aliphatic rings. The van der Waals surface area contributed by atoms with Crippen LogP contribution in [0.3, 0.4) is 0 Å². The van der Waals surface area contributed by atoms with Crippen molar-refractivity contribution in [3.8, 4) is 0 Å². The summed E-state index contributed by atoms with van der Waals surface area (Å²) in [5.41, 5.74) is 0.0524. The van der Waals surface area contributed by atoms with Crippen molar-refractivity contribution in [3.05, 3.63) is 33.8 Å². The normalized spacial score (nSPS) is 12.7. The molecule has 6 heteroatoms. The Kier molecular flexibility index (Phi) is 8.21. The molecule has 0 fully saturated rings. The summed E-state index contributed by atoms with van der Waals surface area (Å²) in [4.78, 5) is 0. The molecule has 0 aliphatic carbocycles. The minimum Gasteiger partial charge on any atom is -0.382 e. The average molecular weight is 352 g/mol. The molecule has 0 radical (unpaired) electrons. The summed E-state index contributed by atoms with van der Waals surface area (Å²) in [7, 11) is 1.59. The molecule has 1 rings (SSSR count).